The van der Waals surface area contributed by atoms with Gasteiger partial charge in [0.15, 0.2) is 5.82 Å². The summed E-state index contributed by atoms with van der Waals surface area (Å²) in [5.41, 5.74) is 7.38. The summed E-state index contributed by atoms with van der Waals surface area (Å²) in [5, 5.41) is 24.0. The molecule has 8 rings (SSSR count). The molecule has 4 aliphatic rings. The lowest BCUT2D eigenvalue weighted by molar-refractivity contribution is 0.108. The van der Waals surface area contributed by atoms with Crippen molar-refractivity contribution < 1.29 is 23.6 Å². The van der Waals surface area contributed by atoms with Gasteiger partial charge in [0.2, 0.25) is 0 Å². The SMILES string of the molecule is C#Cc1c(F)ccc2cc(N)cc(-c3c(Cl)cc4c(N5CC6C=CC(C5)N6)nc(OCC56CCCN5C/C(=C/B(O)O)C6)nc4c3F)c12. The molecule has 13 heteroatoms. The van der Waals surface area contributed by atoms with Gasteiger partial charge >= 0.3 is 13.1 Å². The molecule has 0 spiro atoms. The van der Waals surface area contributed by atoms with Crippen LogP contribution in [0.2, 0.25) is 5.02 Å². The number of halogens is 3. The number of hydrogen-bond acceptors (Lipinski definition) is 9. The molecule has 5 N–H and O–H groups in total. The van der Waals surface area contributed by atoms with E-state index >= 15 is 4.39 Å². The van der Waals surface area contributed by atoms with Crippen LogP contribution in [0.4, 0.5) is 20.3 Å². The minimum atomic E-state index is -1.53. The van der Waals surface area contributed by atoms with E-state index in [0.717, 1.165) is 25.0 Å². The fraction of sp³-hybridized carbons (Fsp3) is 0.314. The highest BCUT2D eigenvalue weighted by Gasteiger charge is 2.47. The molecule has 0 aliphatic carbocycles. The first kappa shape index (κ1) is 31.0. The molecule has 0 amide bonds. The molecule has 4 aromatic rings. The van der Waals surface area contributed by atoms with E-state index in [1.54, 1.807) is 24.3 Å². The van der Waals surface area contributed by atoms with Crippen molar-refractivity contribution in [2.24, 2.45) is 0 Å². The van der Waals surface area contributed by atoms with Crippen molar-refractivity contribution in [1.82, 2.24) is 20.2 Å². The third kappa shape index (κ3) is 5.18. The molecule has 1 aromatic heterocycles. The maximum absolute atomic E-state index is 17.1. The summed E-state index contributed by atoms with van der Waals surface area (Å²) in [4.78, 5) is 13.8. The van der Waals surface area contributed by atoms with Gasteiger partial charge in [-0.15, -0.1) is 6.42 Å². The Kier molecular flexibility index (Phi) is 7.58. The average Bonchev–Trinajstić information content (AvgIpc) is 3.70. The number of aromatic nitrogens is 2. The topological polar surface area (TPSA) is 120 Å². The number of nitrogens with two attached hydrogens (primary N) is 1. The van der Waals surface area contributed by atoms with E-state index in [9.17, 15) is 14.4 Å². The van der Waals surface area contributed by atoms with Crippen molar-refractivity contribution >= 4 is 51.9 Å². The minimum Gasteiger partial charge on any atom is -0.461 e. The van der Waals surface area contributed by atoms with Crippen LogP contribution in [0.25, 0.3) is 32.8 Å². The third-order valence-corrected chi connectivity index (χ3v) is 10.3. The van der Waals surface area contributed by atoms with Crippen molar-refractivity contribution in [2.75, 3.05) is 43.4 Å². The Bertz CT molecular complexity index is 2090. The lowest BCUT2D eigenvalue weighted by Crippen LogP contribution is -2.52. The van der Waals surface area contributed by atoms with Gasteiger partial charge in [0.25, 0.3) is 0 Å². The van der Waals surface area contributed by atoms with Crippen LogP contribution in [0, 0.1) is 24.0 Å². The summed E-state index contributed by atoms with van der Waals surface area (Å²) in [6.07, 6.45) is 12.4. The van der Waals surface area contributed by atoms with Crippen molar-refractivity contribution in [3.05, 3.63) is 76.3 Å². The number of rotatable bonds is 6. The van der Waals surface area contributed by atoms with E-state index in [1.165, 1.54) is 12.0 Å². The number of benzene rings is 3. The Morgan fingerprint density at radius 3 is 2.73 bits per heavy atom. The van der Waals surface area contributed by atoms with Crippen LogP contribution < -0.4 is 20.7 Å². The predicted octanol–water partition coefficient (Wildman–Crippen LogP) is 4.22. The van der Waals surface area contributed by atoms with Crippen molar-refractivity contribution in [1.29, 1.82) is 0 Å². The summed E-state index contributed by atoms with van der Waals surface area (Å²) < 4.78 is 38.4. The standard InChI is InChI=1S/C35H32BClF2N6O3/c1-2-24-28(38)7-4-20-10-21(40)11-25(29(20)24)30-27(37)12-26-32(31(30)39)42-34(43-33(26)44-16-22-5-6-23(17-44)41-22)48-18-35-8-3-9-45(35)15-19(13-35)14-36(46)47/h1,4-7,10-12,14,22-23,41,46-47H,3,8-9,13,15-18,40H2/b19-14+. The minimum absolute atomic E-state index is 0.00124. The Labute approximate surface area is 281 Å². The molecule has 3 atom stereocenters. The molecule has 0 saturated carbocycles. The maximum atomic E-state index is 17.1. The number of piperazine rings is 1. The zero-order valence-electron chi connectivity index (χ0n) is 25.9. The Hall–Kier alpha value is -4.25. The van der Waals surface area contributed by atoms with Gasteiger partial charge in [-0.1, -0.05) is 47.3 Å². The summed E-state index contributed by atoms with van der Waals surface area (Å²) in [7, 11) is -1.53. The van der Waals surface area contributed by atoms with Gasteiger partial charge in [-0.25, -0.2) is 8.78 Å². The second-order valence-corrected chi connectivity index (χ2v) is 13.5. The van der Waals surface area contributed by atoms with Crippen molar-refractivity contribution in [2.45, 2.75) is 36.9 Å². The zero-order chi connectivity index (χ0) is 33.3. The van der Waals surface area contributed by atoms with E-state index < -0.39 is 18.8 Å². The fourth-order valence-electron chi connectivity index (χ4n) is 8.02. The maximum Gasteiger partial charge on any atom is 0.480 e. The molecule has 4 aliphatic heterocycles. The molecule has 0 radical (unpaired) electrons. The van der Waals surface area contributed by atoms with Gasteiger partial charge in [0.1, 0.15) is 23.8 Å². The molecule has 3 fully saturated rings. The average molecular weight is 669 g/mol. The Morgan fingerprint density at radius 1 is 1.19 bits per heavy atom. The molecular formula is C35H32BClF2N6O3. The number of ether oxygens (including phenoxy) is 1. The van der Waals surface area contributed by atoms with Crippen LogP contribution in [0.1, 0.15) is 24.8 Å². The van der Waals surface area contributed by atoms with E-state index in [2.05, 4.69) is 38.2 Å². The summed E-state index contributed by atoms with van der Waals surface area (Å²) in [6, 6.07) is 7.86. The van der Waals surface area contributed by atoms with Crippen molar-refractivity contribution in [3.63, 3.8) is 0 Å². The summed E-state index contributed by atoms with van der Waals surface area (Å²) in [5.74, 6) is 3.02. The van der Waals surface area contributed by atoms with Crippen LogP contribution in [-0.4, -0.2) is 82.4 Å². The number of hydrogen-bond donors (Lipinski definition) is 4. The molecule has 3 aromatic carbocycles. The molecule has 3 saturated heterocycles. The van der Waals surface area contributed by atoms with Crippen LogP contribution in [0.15, 0.2) is 54.0 Å². The quantitative estimate of drug-likeness (QED) is 0.104. The number of nitrogen functional groups attached to an aromatic ring is 1. The molecular weight excluding hydrogens is 637 g/mol. The number of fused-ring (bicyclic) bond motifs is 5. The Balaban J connectivity index is 1.27. The second-order valence-electron chi connectivity index (χ2n) is 13.1. The van der Waals surface area contributed by atoms with Crippen LogP contribution in [0.5, 0.6) is 6.01 Å². The second kappa shape index (κ2) is 11.7. The van der Waals surface area contributed by atoms with Gasteiger partial charge in [-0.05, 0) is 61.0 Å². The van der Waals surface area contributed by atoms with Crippen LogP contribution in [-0.2, 0) is 0 Å². The smallest absolute Gasteiger partial charge is 0.461 e. The lowest BCUT2D eigenvalue weighted by atomic mass is 9.85. The highest BCUT2D eigenvalue weighted by Crippen LogP contribution is 2.45. The van der Waals surface area contributed by atoms with E-state index in [1.807, 2.05) is 0 Å². The number of terminal acetylenes is 1. The third-order valence-electron chi connectivity index (χ3n) is 10.0. The van der Waals surface area contributed by atoms with E-state index in [4.69, 9.17) is 33.5 Å². The highest BCUT2D eigenvalue weighted by molar-refractivity contribution is 6.47. The molecule has 48 heavy (non-hydrogen) atoms. The summed E-state index contributed by atoms with van der Waals surface area (Å²) >= 11 is 6.91. The first-order chi connectivity index (χ1) is 23.1. The van der Waals surface area contributed by atoms with Crippen LogP contribution in [0.3, 0.4) is 0 Å². The number of anilines is 2. The number of nitrogens with one attached hydrogen (secondary N) is 1. The van der Waals surface area contributed by atoms with Gasteiger partial charge in [0.05, 0.1) is 16.1 Å². The van der Waals surface area contributed by atoms with Gasteiger partial charge < -0.3 is 30.7 Å². The monoisotopic (exact) mass is 668 g/mol. The molecule has 9 nitrogen and oxygen atoms in total. The zero-order valence-corrected chi connectivity index (χ0v) is 26.6. The predicted molar refractivity (Wildman–Crippen MR) is 184 cm³/mol. The molecule has 5 heterocycles. The normalized spacial score (nSPS) is 24.2. The van der Waals surface area contributed by atoms with E-state index in [0.29, 0.717) is 53.7 Å². The molecule has 2 bridgehead atoms. The largest absolute Gasteiger partial charge is 0.480 e. The first-order valence-corrected chi connectivity index (χ1v) is 16.3. The highest BCUT2D eigenvalue weighted by atomic mass is 35.5. The van der Waals surface area contributed by atoms with Gasteiger partial charge in [-0.2, -0.15) is 9.97 Å². The molecule has 3 unspecified atom stereocenters. The van der Waals surface area contributed by atoms with Gasteiger partial charge in [-0.3, -0.25) is 4.90 Å². The van der Waals surface area contributed by atoms with E-state index in [-0.39, 0.29) is 57.5 Å². The summed E-state index contributed by atoms with van der Waals surface area (Å²) in [6.45, 7) is 2.90. The van der Waals surface area contributed by atoms with Gasteiger partial charge in [0, 0.05) is 53.7 Å². The fourth-order valence-corrected chi connectivity index (χ4v) is 8.31. The van der Waals surface area contributed by atoms with Crippen molar-refractivity contribution in [3.8, 4) is 29.5 Å². The van der Waals surface area contributed by atoms with Crippen LogP contribution >= 0.6 is 11.6 Å². The lowest BCUT2D eigenvalue weighted by Gasteiger charge is -2.35. The molecule has 244 valence electrons. The number of nitrogens with zero attached hydrogens (tertiary/aromatic N) is 4. The Morgan fingerprint density at radius 2 is 1.98 bits per heavy atom. The first-order valence-electron chi connectivity index (χ1n) is 15.9.